The minimum absolute atomic E-state index is 0.233. The summed E-state index contributed by atoms with van der Waals surface area (Å²) in [5.41, 5.74) is 1.69. The van der Waals surface area contributed by atoms with Gasteiger partial charge in [0.15, 0.2) is 11.7 Å². The summed E-state index contributed by atoms with van der Waals surface area (Å²) in [5, 5.41) is 4.98. The molecule has 0 saturated carbocycles. The van der Waals surface area contributed by atoms with Gasteiger partial charge in [-0.25, -0.2) is 4.98 Å². The lowest BCUT2D eigenvalue weighted by molar-refractivity contribution is -0.147. The number of carbonyl (C=O) groups is 2. The smallest absolute Gasteiger partial charge is 0.306 e. The quantitative estimate of drug-likeness (QED) is 0.593. The van der Waals surface area contributed by atoms with E-state index >= 15 is 0 Å². The number of hydrogen-bond acceptors (Lipinski definition) is 6. The molecule has 136 valence electrons. The third-order valence-electron chi connectivity index (χ3n) is 4.04. The molecule has 0 spiro atoms. The van der Waals surface area contributed by atoms with Crippen LogP contribution in [0.5, 0.6) is 5.75 Å². The molecule has 2 aromatic rings. The SMILES string of the molecule is COc1ccc(-c2csc(NC(=O)COC(=O)C[C@@H]3C=CCC3)n2)cc1. The van der Waals surface area contributed by atoms with Crippen molar-refractivity contribution in [3.8, 4) is 17.0 Å². The highest BCUT2D eigenvalue weighted by Gasteiger charge is 2.16. The second-order valence-corrected chi connectivity index (χ2v) is 6.80. The number of hydrogen-bond donors (Lipinski definition) is 1. The molecular weight excluding hydrogens is 352 g/mol. The predicted octanol–water partition coefficient (Wildman–Crippen LogP) is 3.66. The van der Waals surface area contributed by atoms with E-state index in [9.17, 15) is 9.59 Å². The molecule has 1 N–H and O–H groups in total. The predicted molar refractivity (Wildman–Crippen MR) is 100 cm³/mol. The number of methoxy groups -OCH3 is 1. The Morgan fingerprint density at radius 3 is 2.81 bits per heavy atom. The molecule has 1 aromatic carbocycles. The summed E-state index contributed by atoms with van der Waals surface area (Å²) in [6.45, 7) is -0.299. The van der Waals surface area contributed by atoms with Gasteiger partial charge in [-0.15, -0.1) is 11.3 Å². The first-order valence-electron chi connectivity index (χ1n) is 8.36. The van der Waals surface area contributed by atoms with E-state index in [0.717, 1.165) is 29.8 Å². The van der Waals surface area contributed by atoms with Gasteiger partial charge in [-0.1, -0.05) is 12.2 Å². The second-order valence-electron chi connectivity index (χ2n) is 5.94. The molecule has 0 saturated heterocycles. The normalized spacial score (nSPS) is 15.7. The second kappa shape index (κ2) is 8.62. The van der Waals surface area contributed by atoms with Crippen molar-refractivity contribution in [2.75, 3.05) is 19.0 Å². The summed E-state index contributed by atoms with van der Waals surface area (Å²) in [7, 11) is 1.61. The van der Waals surface area contributed by atoms with Gasteiger partial charge in [-0.3, -0.25) is 14.9 Å². The van der Waals surface area contributed by atoms with Gasteiger partial charge in [0, 0.05) is 10.9 Å². The van der Waals surface area contributed by atoms with Crippen LogP contribution in [0.4, 0.5) is 5.13 Å². The van der Waals surface area contributed by atoms with Gasteiger partial charge in [0.05, 0.1) is 19.2 Å². The highest BCUT2D eigenvalue weighted by atomic mass is 32.1. The number of benzene rings is 1. The summed E-state index contributed by atoms with van der Waals surface area (Å²) in [5.74, 6) is 0.259. The molecule has 0 radical (unpaired) electrons. The van der Waals surface area contributed by atoms with E-state index in [1.54, 1.807) is 7.11 Å². The van der Waals surface area contributed by atoms with Gasteiger partial charge in [0.2, 0.25) is 0 Å². The molecule has 26 heavy (non-hydrogen) atoms. The average molecular weight is 372 g/mol. The van der Waals surface area contributed by atoms with E-state index in [-0.39, 0.29) is 18.5 Å². The van der Waals surface area contributed by atoms with E-state index in [1.807, 2.05) is 35.7 Å². The molecule has 0 aliphatic heterocycles. The Morgan fingerprint density at radius 1 is 1.31 bits per heavy atom. The van der Waals surface area contributed by atoms with Crippen LogP contribution >= 0.6 is 11.3 Å². The molecule has 1 heterocycles. The zero-order valence-electron chi connectivity index (χ0n) is 14.4. The molecule has 0 unspecified atom stereocenters. The van der Waals surface area contributed by atoms with Crippen LogP contribution in [0.1, 0.15) is 19.3 Å². The minimum Gasteiger partial charge on any atom is -0.497 e. The zero-order valence-corrected chi connectivity index (χ0v) is 15.3. The van der Waals surface area contributed by atoms with Crippen LogP contribution in [-0.2, 0) is 14.3 Å². The number of aromatic nitrogens is 1. The average Bonchev–Trinajstić information content (AvgIpc) is 3.32. The third-order valence-corrected chi connectivity index (χ3v) is 4.80. The van der Waals surface area contributed by atoms with Crippen molar-refractivity contribution in [1.29, 1.82) is 0 Å². The van der Waals surface area contributed by atoms with Crippen LogP contribution < -0.4 is 10.1 Å². The fourth-order valence-electron chi connectivity index (χ4n) is 2.67. The summed E-state index contributed by atoms with van der Waals surface area (Å²) in [6.07, 6.45) is 6.38. The van der Waals surface area contributed by atoms with E-state index in [1.165, 1.54) is 11.3 Å². The third kappa shape index (κ3) is 4.92. The number of nitrogens with one attached hydrogen (secondary N) is 1. The van der Waals surface area contributed by atoms with Gasteiger partial charge in [0.25, 0.3) is 5.91 Å². The minimum atomic E-state index is -0.393. The maximum absolute atomic E-state index is 11.9. The van der Waals surface area contributed by atoms with Gasteiger partial charge >= 0.3 is 5.97 Å². The number of esters is 1. The Hall–Kier alpha value is -2.67. The zero-order chi connectivity index (χ0) is 18.4. The monoisotopic (exact) mass is 372 g/mol. The maximum atomic E-state index is 11.9. The number of anilines is 1. The maximum Gasteiger partial charge on any atom is 0.306 e. The van der Waals surface area contributed by atoms with Gasteiger partial charge < -0.3 is 9.47 Å². The number of rotatable bonds is 7. The molecule has 0 bridgehead atoms. The molecule has 1 aromatic heterocycles. The Morgan fingerprint density at radius 2 is 2.12 bits per heavy atom. The standard InChI is InChI=1S/C19H20N2O4S/c1-24-15-8-6-14(7-9-15)16-12-26-19(20-16)21-17(22)11-25-18(23)10-13-4-2-3-5-13/h2,4,6-9,12-13H,3,5,10-11H2,1H3,(H,20,21,22)/t13-/m1/s1. The Kier molecular flexibility index (Phi) is 6.01. The van der Waals surface area contributed by atoms with Crippen molar-refractivity contribution in [3.05, 3.63) is 41.8 Å². The number of thiazole rings is 1. The number of carbonyl (C=O) groups excluding carboxylic acids is 2. The van der Waals surface area contributed by atoms with Crippen LogP contribution in [-0.4, -0.2) is 30.6 Å². The molecule has 1 amide bonds. The van der Waals surface area contributed by atoms with E-state index in [4.69, 9.17) is 9.47 Å². The van der Waals surface area contributed by atoms with E-state index < -0.39 is 5.91 Å². The molecule has 7 heteroatoms. The lowest BCUT2D eigenvalue weighted by Gasteiger charge is -2.07. The van der Waals surface area contributed by atoms with E-state index in [0.29, 0.717) is 11.6 Å². The van der Waals surface area contributed by atoms with Crippen LogP contribution in [0.3, 0.4) is 0 Å². The Labute approximate surface area is 155 Å². The highest BCUT2D eigenvalue weighted by Crippen LogP contribution is 2.26. The molecule has 1 aliphatic rings. The van der Waals surface area contributed by atoms with Crippen molar-refractivity contribution in [2.45, 2.75) is 19.3 Å². The lowest BCUT2D eigenvalue weighted by atomic mass is 10.1. The molecular formula is C19H20N2O4S. The van der Waals surface area contributed by atoms with Gasteiger partial charge in [0.1, 0.15) is 5.75 Å². The first-order chi connectivity index (χ1) is 12.6. The molecule has 1 atom stereocenters. The Bertz CT molecular complexity index is 798. The van der Waals surface area contributed by atoms with Crippen molar-refractivity contribution in [1.82, 2.24) is 4.98 Å². The Balaban J connectivity index is 1.47. The van der Waals surface area contributed by atoms with Crippen molar-refractivity contribution in [2.24, 2.45) is 5.92 Å². The summed E-state index contributed by atoms with van der Waals surface area (Å²) in [6, 6.07) is 7.51. The van der Waals surface area contributed by atoms with Crippen molar-refractivity contribution < 1.29 is 19.1 Å². The van der Waals surface area contributed by atoms with Crippen molar-refractivity contribution in [3.63, 3.8) is 0 Å². The summed E-state index contributed by atoms with van der Waals surface area (Å²) in [4.78, 5) is 28.1. The van der Waals surface area contributed by atoms with Crippen LogP contribution in [0.2, 0.25) is 0 Å². The number of amides is 1. The fraction of sp³-hybridized carbons (Fsp3) is 0.316. The lowest BCUT2D eigenvalue weighted by Crippen LogP contribution is -2.21. The summed E-state index contributed by atoms with van der Waals surface area (Å²) >= 11 is 1.32. The van der Waals surface area contributed by atoms with E-state index in [2.05, 4.69) is 16.4 Å². The largest absolute Gasteiger partial charge is 0.497 e. The number of allylic oxidation sites excluding steroid dienone is 2. The number of nitrogens with zero attached hydrogens (tertiary/aromatic N) is 1. The van der Waals surface area contributed by atoms with Crippen LogP contribution in [0, 0.1) is 5.92 Å². The number of ether oxygens (including phenoxy) is 2. The molecule has 3 rings (SSSR count). The topological polar surface area (TPSA) is 77.5 Å². The van der Waals surface area contributed by atoms with Gasteiger partial charge in [-0.2, -0.15) is 0 Å². The molecule has 1 aliphatic carbocycles. The summed E-state index contributed by atoms with van der Waals surface area (Å²) < 4.78 is 10.2. The van der Waals surface area contributed by atoms with Crippen LogP contribution in [0.25, 0.3) is 11.3 Å². The first kappa shape index (κ1) is 18.1. The van der Waals surface area contributed by atoms with Crippen molar-refractivity contribution >= 4 is 28.3 Å². The van der Waals surface area contributed by atoms with Crippen LogP contribution in [0.15, 0.2) is 41.8 Å². The van der Waals surface area contributed by atoms with Gasteiger partial charge in [-0.05, 0) is 43.0 Å². The fourth-order valence-corrected chi connectivity index (χ4v) is 3.40. The first-order valence-corrected chi connectivity index (χ1v) is 9.24. The molecule has 0 fully saturated rings. The highest BCUT2D eigenvalue weighted by molar-refractivity contribution is 7.14. The molecule has 6 nitrogen and oxygen atoms in total.